The van der Waals surface area contributed by atoms with Crippen LogP contribution < -0.4 is 14.9 Å². The largest absolute Gasteiger partial charge is 0.511 e. The number of nitrogens with zero attached hydrogens (tertiary/aromatic N) is 1. The number of methoxy groups -OCH3 is 1. The van der Waals surface area contributed by atoms with Crippen LogP contribution in [0.25, 0.3) is 10.9 Å². The molecule has 0 fully saturated rings. The van der Waals surface area contributed by atoms with Crippen molar-refractivity contribution in [2.24, 2.45) is 0 Å². The Hall–Kier alpha value is -3.42. The van der Waals surface area contributed by atoms with Crippen LogP contribution in [-0.4, -0.2) is 22.9 Å². The van der Waals surface area contributed by atoms with E-state index < -0.39 is 34.4 Å². The van der Waals surface area contributed by atoms with E-state index in [0.717, 1.165) is 18.3 Å². The van der Waals surface area contributed by atoms with Crippen molar-refractivity contribution in [3.8, 4) is 11.5 Å². The van der Waals surface area contributed by atoms with E-state index in [-0.39, 0.29) is 12.1 Å². The number of carbonyl (C=O) groups is 1. The van der Waals surface area contributed by atoms with Gasteiger partial charge >= 0.3 is 6.16 Å². The van der Waals surface area contributed by atoms with Crippen LogP contribution in [0, 0.1) is 11.6 Å². The number of benzene rings is 2. The number of ether oxygens (including phenoxy) is 2. The first-order valence-corrected chi connectivity index (χ1v) is 7.45. The Bertz CT molecular complexity index is 1060. The Labute approximate surface area is 145 Å². The maximum absolute atomic E-state index is 14.3. The van der Waals surface area contributed by atoms with E-state index >= 15 is 0 Å². The van der Waals surface area contributed by atoms with Gasteiger partial charge in [-0.15, -0.1) is 0 Å². The van der Waals surface area contributed by atoms with Gasteiger partial charge in [0.25, 0.3) is 0 Å². The normalized spacial score (nSPS) is 10.7. The molecule has 0 saturated carbocycles. The van der Waals surface area contributed by atoms with Crippen LogP contribution in [0.5, 0.6) is 11.5 Å². The molecule has 0 saturated heterocycles. The molecule has 1 heterocycles. The molecule has 1 N–H and O–H groups in total. The second kappa shape index (κ2) is 6.83. The van der Waals surface area contributed by atoms with Crippen LogP contribution in [-0.2, 0) is 6.54 Å². The van der Waals surface area contributed by atoms with E-state index in [1.807, 2.05) is 0 Å². The molecule has 6 nitrogen and oxygen atoms in total. The summed E-state index contributed by atoms with van der Waals surface area (Å²) in [6, 6.07) is 8.54. The molecule has 2 aromatic carbocycles. The van der Waals surface area contributed by atoms with Crippen molar-refractivity contribution in [1.29, 1.82) is 0 Å². The molecule has 3 aromatic rings. The molecule has 134 valence electrons. The number of aromatic nitrogens is 1. The number of hydrogen-bond donors (Lipinski definition) is 1. The SMILES string of the molecule is COc1cccc(Cn2cc(OC(=O)O)c(=O)c3c(F)ccc(F)c32)c1. The standard InChI is InChI=1S/C18H13F2NO5/c1-25-11-4-2-3-10(7-11)8-21-9-14(26-18(23)24)17(22)15-12(19)5-6-13(20)16(15)21/h2-7,9H,8H2,1H3,(H,23,24). The quantitative estimate of drug-likeness (QED) is 0.721. The number of hydrogen-bond acceptors (Lipinski definition) is 4. The van der Waals surface area contributed by atoms with Crippen LogP contribution >= 0.6 is 0 Å². The maximum atomic E-state index is 14.3. The van der Waals surface area contributed by atoms with Crippen LogP contribution in [0.4, 0.5) is 13.6 Å². The Morgan fingerprint density at radius 3 is 2.62 bits per heavy atom. The van der Waals surface area contributed by atoms with E-state index in [1.54, 1.807) is 24.3 Å². The van der Waals surface area contributed by atoms with Gasteiger partial charge in [-0.3, -0.25) is 4.79 Å². The van der Waals surface area contributed by atoms with Crippen molar-refractivity contribution in [3.05, 3.63) is 70.0 Å². The first kappa shape index (κ1) is 17.4. The summed E-state index contributed by atoms with van der Waals surface area (Å²) >= 11 is 0. The first-order valence-electron chi connectivity index (χ1n) is 7.45. The highest BCUT2D eigenvalue weighted by Gasteiger charge is 2.19. The second-order valence-corrected chi connectivity index (χ2v) is 5.42. The predicted molar refractivity (Wildman–Crippen MR) is 88.9 cm³/mol. The van der Waals surface area contributed by atoms with Crippen molar-refractivity contribution in [2.45, 2.75) is 6.54 Å². The van der Waals surface area contributed by atoms with Crippen LogP contribution in [0.2, 0.25) is 0 Å². The minimum absolute atomic E-state index is 0.0321. The van der Waals surface area contributed by atoms with Crippen molar-refractivity contribution < 1.29 is 28.2 Å². The Morgan fingerprint density at radius 1 is 1.19 bits per heavy atom. The summed E-state index contributed by atoms with van der Waals surface area (Å²) in [4.78, 5) is 23.1. The lowest BCUT2D eigenvalue weighted by Gasteiger charge is -2.14. The summed E-state index contributed by atoms with van der Waals surface area (Å²) in [6.07, 6.45) is -0.688. The fourth-order valence-electron chi connectivity index (χ4n) is 2.68. The van der Waals surface area contributed by atoms with Crippen LogP contribution in [0.1, 0.15) is 5.56 Å². The smallest absolute Gasteiger partial charge is 0.497 e. The fourth-order valence-corrected chi connectivity index (χ4v) is 2.68. The zero-order valence-corrected chi connectivity index (χ0v) is 13.5. The summed E-state index contributed by atoms with van der Waals surface area (Å²) in [6.45, 7) is 0.0321. The Kier molecular flexibility index (Phi) is 4.57. The van der Waals surface area contributed by atoms with Gasteiger partial charge in [0, 0.05) is 6.54 Å². The highest BCUT2D eigenvalue weighted by molar-refractivity contribution is 5.82. The number of pyridine rings is 1. The molecule has 0 amide bonds. The molecule has 3 rings (SSSR count). The van der Waals surface area contributed by atoms with Crippen LogP contribution in [0.15, 0.2) is 47.4 Å². The zero-order chi connectivity index (χ0) is 18.8. The third-order valence-electron chi connectivity index (χ3n) is 3.77. The summed E-state index contributed by atoms with van der Waals surface area (Å²) in [5.74, 6) is -1.84. The first-order chi connectivity index (χ1) is 12.4. The molecule has 0 bridgehead atoms. The molecule has 0 aliphatic carbocycles. The number of carboxylic acid groups (broad SMARTS) is 1. The van der Waals surface area contributed by atoms with Gasteiger partial charge in [0.1, 0.15) is 17.4 Å². The second-order valence-electron chi connectivity index (χ2n) is 5.42. The van der Waals surface area contributed by atoms with Crippen molar-refractivity contribution in [1.82, 2.24) is 4.57 Å². The topological polar surface area (TPSA) is 77.8 Å². The minimum Gasteiger partial charge on any atom is -0.497 e. The van der Waals surface area contributed by atoms with E-state index in [0.29, 0.717) is 11.3 Å². The predicted octanol–water partition coefficient (Wildman–Crippen LogP) is 3.39. The molecule has 0 spiro atoms. The van der Waals surface area contributed by atoms with Gasteiger partial charge in [0.15, 0.2) is 5.75 Å². The molecule has 0 atom stereocenters. The van der Waals surface area contributed by atoms with E-state index in [4.69, 9.17) is 9.84 Å². The lowest BCUT2D eigenvalue weighted by atomic mass is 10.1. The van der Waals surface area contributed by atoms with Gasteiger partial charge in [-0.2, -0.15) is 0 Å². The highest BCUT2D eigenvalue weighted by atomic mass is 19.1. The molecule has 0 unspecified atom stereocenters. The van der Waals surface area contributed by atoms with E-state index in [9.17, 15) is 18.4 Å². The number of rotatable bonds is 4. The van der Waals surface area contributed by atoms with Crippen molar-refractivity contribution in [2.75, 3.05) is 7.11 Å². The van der Waals surface area contributed by atoms with Gasteiger partial charge in [-0.1, -0.05) is 12.1 Å². The summed E-state index contributed by atoms with van der Waals surface area (Å²) in [5, 5.41) is 8.20. The number of halogens is 2. The highest BCUT2D eigenvalue weighted by Crippen LogP contribution is 2.23. The lowest BCUT2D eigenvalue weighted by Crippen LogP contribution is -2.18. The van der Waals surface area contributed by atoms with Gasteiger partial charge in [0.2, 0.25) is 5.43 Å². The van der Waals surface area contributed by atoms with Crippen molar-refractivity contribution >= 4 is 17.1 Å². The van der Waals surface area contributed by atoms with Crippen molar-refractivity contribution in [3.63, 3.8) is 0 Å². The third-order valence-corrected chi connectivity index (χ3v) is 3.77. The Morgan fingerprint density at radius 2 is 1.92 bits per heavy atom. The molecular weight excluding hydrogens is 348 g/mol. The van der Waals surface area contributed by atoms with Gasteiger partial charge in [0.05, 0.1) is 24.2 Å². The monoisotopic (exact) mass is 361 g/mol. The van der Waals surface area contributed by atoms with Gasteiger partial charge in [-0.25, -0.2) is 13.6 Å². The fraction of sp³-hybridized carbons (Fsp3) is 0.111. The molecule has 0 aliphatic heterocycles. The maximum Gasteiger partial charge on any atom is 0.511 e. The Balaban J connectivity index is 2.25. The molecule has 26 heavy (non-hydrogen) atoms. The van der Waals surface area contributed by atoms with E-state index in [1.165, 1.54) is 11.7 Å². The van der Waals surface area contributed by atoms with Gasteiger partial charge < -0.3 is 19.1 Å². The number of fused-ring (bicyclic) bond motifs is 1. The van der Waals surface area contributed by atoms with Crippen LogP contribution in [0.3, 0.4) is 0 Å². The molecule has 8 heteroatoms. The third kappa shape index (κ3) is 3.21. The molecule has 0 aliphatic rings. The molecule has 0 radical (unpaired) electrons. The minimum atomic E-state index is -1.73. The summed E-state index contributed by atoms with van der Waals surface area (Å²) in [5.41, 5.74) is -0.656. The average Bonchev–Trinajstić information content (AvgIpc) is 2.60. The van der Waals surface area contributed by atoms with Gasteiger partial charge in [-0.05, 0) is 29.8 Å². The summed E-state index contributed by atoms with van der Waals surface area (Å²) in [7, 11) is 1.49. The van der Waals surface area contributed by atoms with E-state index in [2.05, 4.69) is 4.74 Å². The average molecular weight is 361 g/mol. The lowest BCUT2D eigenvalue weighted by molar-refractivity contribution is 0.144. The molecular formula is C18H13F2NO5. The molecule has 1 aromatic heterocycles. The zero-order valence-electron chi connectivity index (χ0n) is 13.5. The summed E-state index contributed by atoms with van der Waals surface area (Å²) < 4.78 is 39.3.